The zero-order valence-corrected chi connectivity index (χ0v) is 29.7. The summed E-state index contributed by atoms with van der Waals surface area (Å²) in [5, 5.41) is 54.4. The molecule has 5 N–H and O–H groups in total. The first-order valence-electron chi connectivity index (χ1n) is 17.1. The second kappa shape index (κ2) is 15.0. The molecule has 0 fully saturated rings. The monoisotopic (exact) mass is 698 g/mol. The lowest BCUT2D eigenvalue weighted by Crippen LogP contribution is -2.41. The summed E-state index contributed by atoms with van der Waals surface area (Å²) in [7, 11) is 0. The lowest BCUT2D eigenvalue weighted by Gasteiger charge is -2.32. The minimum absolute atomic E-state index is 0.0211. The maximum atomic E-state index is 14.2. The van der Waals surface area contributed by atoms with Gasteiger partial charge in [0.2, 0.25) is 5.43 Å². The highest BCUT2D eigenvalue weighted by molar-refractivity contribution is 5.98. The van der Waals surface area contributed by atoms with E-state index in [4.69, 9.17) is 13.9 Å². The van der Waals surface area contributed by atoms with Gasteiger partial charge in [-0.15, -0.1) is 0 Å². The van der Waals surface area contributed by atoms with Crippen LogP contribution in [0.3, 0.4) is 0 Å². The van der Waals surface area contributed by atoms with E-state index in [1.165, 1.54) is 32.0 Å². The first-order chi connectivity index (χ1) is 24.1. The van der Waals surface area contributed by atoms with E-state index in [2.05, 4.69) is 13.5 Å². The molecule has 0 saturated heterocycles. The summed E-state index contributed by atoms with van der Waals surface area (Å²) in [6, 6.07) is 6.92. The van der Waals surface area contributed by atoms with Gasteiger partial charge >= 0.3 is 5.97 Å². The van der Waals surface area contributed by atoms with Crippen LogP contribution in [-0.4, -0.2) is 49.8 Å². The molecule has 10 heteroatoms. The van der Waals surface area contributed by atoms with Gasteiger partial charge < -0.3 is 39.4 Å². The number of aliphatic hydroxyl groups is 2. The number of fused-ring (bicyclic) bond motifs is 4. The van der Waals surface area contributed by atoms with Crippen molar-refractivity contribution in [3.05, 3.63) is 105 Å². The van der Waals surface area contributed by atoms with E-state index in [0.29, 0.717) is 40.9 Å². The number of ether oxygens (including phenoxy) is 2. The zero-order valence-electron chi connectivity index (χ0n) is 29.7. The number of carbonyl (C=O) groups excluding carboxylic acids is 1. The average molecular weight is 699 g/mol. The number of allylic oxidation sites excluding steroid dienone is 4. The van der Waals surface area contributed by atoms with Crippen molar-refractivity contribution in [2.75, 3.05) is 6.61 Å². The van der Waals surface area contributed by atoms with Crippen LogP contribution in [0.25, 0.3) is 21.9 Å². The number of aromatic hydroxyl groups is 3. The zero-order chi connectivity index (χ0) is 37.2. The van der Waals surface area contributed by atoms with Crippen LogP contribution >= 0.6 is 0 Å². The summed E-state index contributed by atoms with van der Waals surface area (Å²) in [6.07, 6.45) is 8.17. The van der Waals surface area contributed by atoms with Crippen LogP contribution in [0.1, 0.15) is 85.7 Å². The van der Waals surface area contributed by atoms with Crippen LogP contribution in [0, 0.1) is 12.8 Å². The first-order valence-corrected chi connectivity index (χ1v) is 17.1. The minimum Gasteiger partial charge on any atom is -0.508 e. The van der Waals surface area contributed by atoms with Crippen molar-refractivity contribution in [2.45, 2.75) is 84.5 Å². The normalized spacial score (nSPS) is 16.8. The van der Waals surface area contributed by atoms with Crippen molar-refractivity contribution < 1.29 is 44.2 Å². The van der Waals surface area contributed by atoms with E-state index in [9.17, 15) is 35.1 Å². The van der Waals surface area contributed by atoms with Crippen LogP contribution in [0.4, 0.5) is 0 Å². The van der Waals surface area contributed by atoms with E-state index in [0.717, 1.165) is 18.9 Å². The molecule has 10 nitrogen and oxygen atoms in total. The summed E-state index contributed by atoms with van der Waals surface area (Å²) in [5.74, 6) is -2.04. The van der Waals surface area contributed by atoms with E-state index >= 15 is 0 Å². The van der Waals surface area contributed by atoms with Crippen molar-refractivity contribution >= 4 is 27.9 Å². The SMILES string of the molecule is C=C(C)[C@@H]1COc2c(C)cc3oc4c(C[C@@H](OC(=O)c5c(O)cc(O)cc5CC/C=C\C=C/CCC)C(C)(C)O)ccc(O)c4c(=O)c3c2[C@@H]1O. The Morgan fingerprint density at radius 2 is 1.76 bits per heavy atom. The summed E-state index contributed by atoms with van der Waals surface area (Å²) in [5.41, 5.74) is 0.135. The molecule has 0 aliphatic carbocycles. The van der Waals surface area contributed by atoms with Crippen molar-refractivity contribution in [3.8, 4) is 23.0 Å². The van der Waals surface area contributed by atoms with E-state index in [1.807, 2.05) is 24.3 Å². The van der Waals surface area contributed by atoms with Gasteiger partial charge in [0.25, 0.3) is 0 Å². The second-order valence-electron chi connectivity index (χ2n) is 13.8. The van der Waals surface area contributed by atoms with Gasteiger partial charge in [0.05, 0.1) is 23.7 Å². The number of unbranched alkanes of at least 4 members (excludes halogenated alkanes) is 1. The first kappa shape index (κ1) is 37.2. The Kier molecular flexibility index (Phi) is 11.0. The molecular formula is C41H46O10. The lowest BCUT2D eigenvalue weighted by atomic mass is 9.85. The molecule has 0 unspecified atom stereocenters. The highest BCUT2D eigenvalue weighted by Gasteiger charge is 2.36. The number of aliphatic hydroxyl groups excluding tert-OH is 1. The summed E-state index contributed by atoms with van der Waals surface area (Å²) < 4.78 is 18.2. The predicted molar refractivity (Wildman–Crippen MR) is 196 cm³/mol. The molecule has 51 heavy (non-hydrogen) atoms. The highest BCUT2D eigenvalue weighted by Crippen LogP contribution is 2.44. The van der Waals surface area contributed by atoms with Crippen molar-refractivity contribution in [1.82, 2.24) is 0 Å². The number of esters is 1. The van der Waals surface area contributed by atoms with Gasteiger partial charge in [-0.3, -0.25) is 4.79 Å². The van der Waals surface area contributed by atoms with Gasteiger partial charge in [-0.1, -0.05) is 55.9 Å². The van der Waals surface area contributed by atoms with Gasteiger partial charge in [0.1, 0.15) is 51.2 Å². The molecule has 1 aliphatic rings. The quantitative estimate of drug-likeness (QED) is 0.0436. The lowest BCUT2D eigenvalue weighted by molar-refractivity contribution is -0.0637. The molecule has 1 aromatic heterocycles. The van der Waals surface area contributed by atoms with Crippen LogP contribution < -0.4 is 10.2 Å². The second-order valence-corrected chi connectivity index (χ2v) is 13.8. The summed E-state index contributed by atoms with van der Waals surface area (Å²) >= 11 is 0. The molecule has 3 aromatic carbocycles. The maximum Gasteiger partial charge on any atom is 0.342 e. The third-order valence-corrected chi connectivity index (χ3v) is 9.32. The van der Waals surface area contributed by atoms with Crippen LogP contribution in [-0.2, 0) is 17.6 Å². The smallest absolute Gasteiger partial charge is 0.342 e. The summed E-state index contributed by atoms with van der Waals surface area (Å²) in [4.78, 5) is 27.9. The molecule has 4 aromatic rings. The summed E-state index contributed by atoms with van der Waals surface area (Å²) in [6.45, 7) is 12.7. The minimum atomic E-state index is -1.62. The molecule has 0 saturated carbocycles. The van der Waals surface area contributed by atoms with E-state index in [-0.39, 0.29) is 57.6 Å². The van der Waals surface area contributed by atoms with Crippen LogP contribution in [0.5, 0.6) is 23.0 Å². The molecule has 2 heterocycles. The van der Waals surface area contributed by atoms with Crippen LogP contribution in [0.15, 0.2) is 76.0 Å². The number of phenolic OH excluding ortho intramolecular Hbond substituents is 3. The number of carbonyl (C=O) groups is 1. The fourth-order valence-electron chi connectivity index (χ4n) is 6.49. The third-order valence-electron chi connectivity index (χ3n) is 9.32. The fraction of sp³-hybridized carbons (Fsp3) is 0.366. The fourth-order valence-corrected chi connectivity index (χ4v) is 6.49. The molecule has 1 aliphatic heterocycles. The van der Waals surface area contributed by atoms with E-state index < -0.39 is 40.9 Å². The Bertz CT molecular complexity index is 2100. The number of hydrogen-bond donors (Lipinski definition) is 5. The molecule has 0 radical (unpaired) electrons. The van der Waals surface area contributed by atoms with Gasteiger partial charge in [-0.05, 0) is 81.8 Å². The standard InChI is InChI=1S/C41H46O10/c1-7-8-9-10-11-12-13-14-24-18-26(42)20-29(44)32(24)40(47)51-31(41(5,6)48)19-25-15-16-28(43)33-37(46)34-30(50-39(25)33)17-23(4)38-35(34)36(45)27(21-49-38)22(2)3/h9-12,15-18,20,27,31,36,42-45,48H,2,7-8,13-14,19,21H2,1,3-6H3/b10-9-,12-11-/t27-,31+,36+/m0/s1. The predicted octanol–water partition coefficient (Wildman–Crippen LogP) is 7.37. The largest absolute Gasteiger partial charge is 0.508 e. The number of rotatable bonds is 12. The molecule has 0 spiro atoms. The highest BCUT2D eigenvalue weighted by atomic mass is 16.6. The molecule has 0 amide bonds. The van der Waals surface area contributed by atoms with Gasteiger partial charge in [-0.2, -0.15) is 0 Å². The Morgan fingerprint density at radius 3 is 2.43 bits per heavy atom. The topological polar surface area (TPSA) is 167 Å². The number of aryl methyl sites for hydroxylation is 2. The molecule has 270 valence electrons. The molecule has 3 atom stereocenters. The molecular weight excluding hydrogens is 652 g/mol. The number of hydrogen-bond acceptors (Lipinski definition) is 10. The van der Waals surface area contributed by atoms with E-state index in [1.54, 1.807) is 19.9 Å². The Balaban J connectivity index is 1.53. The van der Waals surface area contributed by atoms with Gasteiger partial charge in [-0.25, -0.2) is 4.79 Å². The number of phenols is 3. The maximum absolute atomic E-state index is 14.2. The van der Waals surface area contributed by atoms with Crippen molar-refractivity contribution in [1.29, 1.82) is 0 Å². The van der Waals surface area contributed by atoms with Gasteiger partial charge in [0.15, 0.2) is 0 Å². The van der Waals surface area contributed by atoms with Crippen molar-refractivity contribution in [2.24, 2.45) is 5.92 Å². The molecule has 0 bridgehead atoms. The van der Waals surface area contributed by atoms with Crippen LogP contribution in [0.2, 0.25) is 0 Å². The third kappa shape index (κ3) is 7.67. The Morgan fingerprint density at radius 1 is 1.06 bits per heavy atom. The molecule has 5 rings (SSSR count). The Hall–Kier alpha value is -5.06. The van der Waals surface area contributed by atoms with Crippen molar-refractivity contribution in [3.63, 3.8) is 0 Å². The van der Waals surface area contributed by atoms with Gasteiger partial charge in [0, 0.05) is 24.0 Å². The number of benzene rings is 3. The average Bonchev–Trinajstić information content (AvgIpc) is 3.04. The Labute approximate surface area is 296 Å².